The zero-order chi connectivity index (χ0) is 26.6. The van der Waals surface area contributed by atoms with Gasteiger partial charge < -0.3 is 15.6 Å². The first-order valence-corrected chi connectivity index (χ1v) is 13.2. The van der Waals surface area contributed by atoms with Gasteiger partial charge in [0.2, 0.25) is 5.95 Å². The van der Waals surface area contributed by atoms with E-state index in [1.165, 1.54) is 5.57 Å². The number of anilines is 1. The van der Waals surface area contributed by atoms with Crippen LogP contribution >= 0.6 is 15.9 Å². The number of fused-ring (bicyclic) bond motifs is 1. The first-order valence-electron chi connectivity index (χ1n) is 12.4. The fraction of sp³-hybridized carbons (Fsp3) is 0.321. The van der Waals surface area contributed by atoms with Gasteiger partial charge >= 0.3 is 0 Å². The highest BCUT2D eigenvalue weighted by molar-refractivity contribution is 9.10. The molecule has 0 aliphatic rings. The number of nitrogens with one attached hydrogen (secondary N) is 1. The third-order valence-corrected chi connectivity index (χ3v) is 7.08. The van der Waals surface area contributed by atoms with Crippen molar-refractivity contribution in [2.45, 2.75) is 52.5 Å². The number of nitrogens with two attached hydrogens (primary N) is 1. The summed E-state index contributed by atoms with van der Waals surface area (Å²) in [6.07, 6.45) is 11.5. The Morgan fingerprint density at radius 3 is 2.54 bits per heavy atom. The van der Waals surface area contributed by atoms with Crippen molar-refractivity contribution in [3.63, 3.8) is 0 Å². The molecule has 3 N–H and O–H groups in total. The molecule has 4 aromatic rings. The highest BCUT2D eigenvalue weighted by Gasteiger charge is 2.27. The van der Waals surface area contributed by atoms with Crippen molar-refractivity contribution < 1.29 is 0 Å². The van der Waals surface area contributed by atoms with Gasteiger partial charge in [0.1, 0.15) is 5.82 Å². The molecule has 3 aromatic heterocycles. The van der Waals surface area contributed by atoms with Crippen LogP contribution in [0.3, 0.4) is 0 Å². The maximum atomic E-state index is 5.69. The predicted molar refractivity (Wildman–Crippen MR) is 155 cm³/mol. The van der Waals surface area contributed by atoms with Gasteiger partial charge in [-0.25, -0.2) is 15.0 Å². The molecule has 37 heavy (non-hydrogen) atoms. The molecule has 0 spiro atoms. The molecule has 8 nitrogen and oxygen atoms in total. The van der Waals surface area contributed by atoms with E-state index < -0.39 is 0 Å². The van der Waals surface area contributed by atoms with E-state index in [1.807, 2.05) is 12.4 Å². The Kier molecular flexibility index (Phi) is 8.02. The number of allylic oxidation sites excluding steroid dienone is 1. The smallest absolute Gasteiger partial charge is 0.219 e. The molecule has 0 atom stereocenters. The molecule has 0 amide bonds. The summed E-state index contributed by atoms with van der Waals surface area (Å²) in [6.45, 7) is 8.84. The molecule has 3 heterocycles. The van der Waals surface area contributed by atoms with Crippen molar-refractivity contribution in [2.75, 3.05) is 12.8 Å². The zero-order valence-corrected chi connectivity index (χ0v) is 23.5. The number of hydrogen-bond donors (Lipinski definition) is 2. The van der Waals surface area contributed by atoms with Gasteiger partial charge in [-0.15, -0.1) is 0 Å². The van der Waals surface area contributed by atoms with E-state index >= 15 is 0 Å². The van der Waals surface area contributed by atoms with Crippen molar-refractivity contribution >= 4 is 39.3 Å². The molecule has 192 valence electrons. The quantitative estimate of drug-likeness (QED) is 0.188. The lowest BCUT2D eigenvalue weighted by Crippen LogP contribution is -2.26. The summed E-state index contributed by atoms with van der Waals surface area (Å²) >= 11 is 3.64. The van der Waals surface area contributed by atoms with Gasteiger partial charge in [0, 0.05) is 59.4 Å². The SMILES string of the molecule is CCC(=CNC=NC)Cc1ncc(Br)cc1-c1nc2cc(-c3cnc(N)nc3)ccc2n1C(C)(C)CC. The van der Waals surface area contributed by atoms with Crippen LogP contribution in [-0.2, 0) is 12.0 Å². The number of hydrogen-bond acceptors (Lipinski definition) is 6. The van der Waals surface area contributed by atoms with E-state index in [0.717, 1.165) is 56.6 Å². The van der Waals surface area contributed by atoms with Crippen LogP contribution in [0.1, 0.15) is 46.2 Å². The minimum absolute atomic E-state index is 0.169. The summed E-state index contributed by atoms with van der Waals surface area (Å²) in [5, 5.41) is 3.14. The molecule has 0 saturated heterocycles. The molecule has 0 fully saturated rings. The predicted octanol–water partition coefficient (Wildman–Crippen LogP) is 6.13. The van der Waals surface area contributed by atoms with E-state index in [4.69, 9.17) is 15.7 Å². The lowest BCUT2D eigenvalue weighted by Gasteiger charge is -2.28. The minimum atomic E-state index is -0.169. The molecule has 0 aliphatic carbocycles. The first kappa shape index (κ1) is 26.5. The average Bonchev–Trinajstić information content (AvgIpc) is 3.29. The van der Waals surface area contributed by atoms with Crippen molar-refractivity contribution in [3.8, 4) is 22.5 Å². The summed E-state index contributed by atoms with van der Waals surface area (Å²) in [5.74, 6) is 1.16. The number of aliphatic imine (C=N–C) groups is 1. The van der Waals surface area contributed by atoms with E-state index in [-0.39, 0.29) is 11.5 Å². The van der Waals surface area contributed by atoms with Crippen molar-refractivity contribution in [1.82, 2.24) is 29.8 Å². The second-order valence-electron chi connectivity index (χ2n) is 9.50. The van der Waals surface area contributed by atoms with Crippen LogP contribution in [0.5, 0.6) is 0 Å². The van der Waals surface area contributed by atoms with Crippen LogP contribution in [0.15, 0.2) is 64.1 Å². The van der Waals surface area contributed by atoms with Crippen molar-refractivity contribution in [1.29, 1.82) is 0 Å². The molecule has 0 radical (unpaired) electrons. The van der Waals surface area contributed by atoms with Gasteiger partial charge in [0.25, 0.3) is 0 Å². The molecular weight excluding hydrogens is 528 g/mol. The summed E-state index contributed by atoms with van der Waals surface area (Å²) in [4.78, 5) is 22.3. The number of pyridine rings is 1. The Morgan fingerprint density at radius 1 is 1.11 bits per heavy atom. The van der Waals surface area contributed by atoms with Gasteiger partial charge in [0.05, 0.1) is 23.1 Å². The Morgan fingerprint density at radius 2 is 1.86 bits per heavy atom. The van der Waals surface area contributed by atoms with Gasteiger partial charge in [0.15, 0.2) is 0 Å². The Labute approximate surface area is 226 Å². The second kappa shape index (κ2) is 11.2. The fourth-order valence-electron chi connectivity index (χ4n) is 4.22. The maximum Gasteiger partial charge on any atom is 0.219 e. The van der Waals surface area contributed by atoms with E-state index in [0.29, 0.717) is 6.42 Å². The lowest BCUT2D eigenvalue weighted by atomic mass is 9.99. The monoisotopic (exact) mass is 560 g/mol. The van der Waals surface area contributed by atoms with Crippen LogP contribution in [0, 0.1) is 0 Å². The largest absolute Gasteiger partial charge is 0.368 e. The number of rotatable bonds is 9. The first-order chi connectivity index (χ1) is 17.8. The van der Waals surface area contributed by atoms with Gasteiger partial charge in [-0.2, -0.15) is 0 Å². The number of aromatic nitrogens is 5. The molecular formula is C28H33BrN8. The van der Waals surface area contributed by atoms with Gasteiger partial charge in [-0.1, -0.05) is 19.9 Å². The number of halogens is 1. The van der Waals surface area contributed by atoms with Gasteiger partial charge in [-0.05, 0) is 72.0 Å². The summed E-state index contributed by atoms with van der Waals surface area (Å²) in [7, 11) is 1.74. The lowest BCUT2D eigenvalue weighted by molar-refractivity contribution is 0.356. The molecule has 0 unspecified atom stereocenters. The Balaban J connectivity index is 1.90. The number of nitrogen functional groups attached to an aromatic ring is 1. The molecule has 0 saturated carbocycles. The summed E-state index contributed by atoms with van der Waals surface area (Å²) in [5.41, 5.74) is 12.6. The van der Waals surface area contributed by atoms with Crippen molar-refractivity contribution in [3.05, 3.63) is 64.8 Å². The van der Waals surface area contributed by atoms with Gasteiger partial charge in [-0.3, -0.25) is 9.98 Å². The highest BCUT2D eigenvalue weighted by atomic mass is 79.9. The summed E-state index contributed by atoms with van der Waals surface area (Å²) in [6, 6.07) is 8.43. The van der Waals surface area contributed by atoms with Crippen LogP contribution in [0.2, 0.25) is 0 Å². The average molecular weight is 562 g/mol. The normalized spacial score (nSPS) is 12.5. The number of nitrogens with zero attached hydrogens (tertiary/aromatic N) is 6. The van der Waals surface area contributed by atoms with E-state index in [2.05, 4.69) is 92.7 Å². The van der Waals surface area contributed by atoms with Crippen LogP contribution in [0.4, 0.5) is 5.95 Å². The topological polar surface area (TPSA) is 107 Å². The zero-order valence-electron chi connectivity index (χ0n) is 22.0. The van der Waals surface area contributed by atoms with Crippen LogP contribution in [-0.4, -0.2) is 37.9 Å². The molecule has 1 aromatic carbocycles. The maximum absolute atomic E-state index is 5.69. The molecule has 0 aliphatic heterocycles. The third kappa shape index (κ3) is 5.72. The van der Waals surface area contributed by atoms with E-state index in [9.17, 15) is 0 Å². The van der Waals surface area contributed by atoms with Crippen LogP contribution in [0.25, 0.3) is 33.5 Å². The van der Waals surface area contributed by atoms with Crippen LogP contribution < -0.4 is 11.1 Å². The summed E-state index contributed by atoms with van der Waals surface area (Å²) < 4.78 is 3.26. The standard InChI is InChI=1S/C28H33BrN8/c1-6-18(13-32-17-31-5)10-23-22(12-21(29)16-33-23)26-36-24-11-19(20-14-34-27(30)35-15-20)8-9-25(24)37(26)28(3,4)7-2/h8-9,11-17H,6-7,10H2,1-5H3,(H,31,32)(H2,30,34,35). The highest BCUT2D eigenvalue weighted by Crippen LogP contribution is 2.37. The van der Waals surface area contributed by atoms with E-state index in [1.54, 1.807) is 25.8 Å². The Hall–Kier alpha value is -3.59. The fourth-order valence-corrected chi connectivity index (χ4v) is 4.55. The number of benzene rings is 1. The molecule has 4 rings (SSSR count). The molecule has 9 heteroatoms. The number of imidazole rings is 1. The third-order valence-electron chi connectivity index (χ3n) is 6.65. The minimum Gasteiger partial charge on any atom is -0.368 e. The second-order valence-corrected chi connectivity index (χ2v) is 10.4. The molecule has 0 bridgehead atoms. The Bertz CT molecular complexity index is 1450. The van der Waals surface area contributed by atoms with Crippen molar-refractivity contribution in [2.24, 2.45) is 4.99 Å².